The van der Waals surface area contributed by atoms with Crippen molar-refractivity contribution in [1.29, 1.82) is 0 Å². The first-order valence-electron chi connectivity index (χ1n) is 19.0. The molecule has 6 aromatic carbocycles. The van der Waals surface area contributed by atoms with Crippen LogP contribution >= 0.6 is 0 Å². The van der Waals surface area contributed by atoms with Gasteiger partial charge >= 0.3 is 0 Å². The summed E-state index contributed by atoms with van der Waals surface area (Å²) in [5.74, 6) is 0. The first-order valence-corrected chi connectivity index (χ1v) is 19.0. The van der Waals surface area contributed by atoms with E-state index in [0.29, 0.717) is 0 Å². The molecule has 1 N–H and O–H groups in total. The molecule has 0 saturated heterocycles. The SMILES string of the molecule is C1=CC(c2cc(-c3ccc(-c4cc(-n5c6ccccc6c6ccccc65)cc(-n5c6ccccc6c6ccccc65)c4)cc3)cc(-c3ccncc3)n2)=CCN1. The molecule has 5 heteroatoms. The lowest BCUT2D eigenvalue weighted by Crippen LogP contribution is -2.08. The molecule has 0 atom stereocenters. The number of fused-ring (bicyclic) bond motifs is 6. The zero-order chi connectivity index (χ0) is 37.0. The van der Waals surface area contributed by atoms with Crippen molar-refractivity contribution in [3.05, 3.63) is 200 Å². The summed E-state index contributed by atoms with van der Waals surface area (Å²) in [6.45, 7) is 0.779. The maximum Gasteiger partial charge on any atom is 0.0716 e. The van der Waals surface area contributed by atoms with E-state index >= 15 is 0 Å². The van der Waals surface area contributed by atoms with Crippen LogP contribution in [0.5, 0.6) is 0 Å². The van der Waals surface area contributed by atoms with Crippen LogP contribution in [0.2, 0.25) is 0 Å². The summed E-state index contributed by atoms with van der Waals surface area (Å²) in [7, 11) is 0. The van der Waals surface area contributed by atoms with E-state index in [2.05, 4.69) is 183 Å². The third-order valence-corrected chi connectivity index (χ3v) is 11.0. The second-order valence-electron chi connectivity index (χ2n) is 14.3. The predicted molar refractivity (Wildman–Crippen MR) is 232 cm³/mol. The highest BCUT2D eigenvalue weighted by molar-refractivity contribution is 6.10. The molecule has 5 nitrogen and oxygen atoms in total. The topological polar surface area (TPSA) is 47.7 Å². The smallest absolute Gasteiger partial charge is 0.0716 e. The summed E-state index contributed by atoms with van der Waals surface area (Å²) in [6.07, 6.45) is 9.91. The number of rotatable bonds is 6. The summed E-state index contributed by atoms with van der Waals surface area (Å²) < 4.78 is 4.84. The molecule has 0 bridgehead atoms. The van der Waals surface area contributed by atoms with Crippen LogP contribution in [0.3, 0.4) is 0 Å². The van der Waals surface area contributed by atoms with Gasteiger partial charge in [0.1, 0.15) is 0 Å². The fourth-order valence-corrected chi connectivity index (χ4v) is 8.44. The minimum atomic E-state index is 0.779. The standard InChI is InChI=1S/C51H35N5/c1-5-13-48-42(9-1)43-10-2-6-14-49(43)55(48)40-29-38(30-41(33-40)56-50-15-7-3-11-44(50)45-12-4-8-16-51(45)56)34-17-19-35(20-18-34)39-31-46(36-21-25-52-26-22-36)54-47(32-39)37-23-27-53-28-24-37/h1-27,29-33,53H,28H2. The molecule has 0 aliphatic carbocycles. The van der Waals surface area contributed by atoms with E-state index in [1.54, 1.807) is 0 Å². The van der Waals surface area contributed by atoms with Crippen LogP contribution in [-0.2, 0) is 0 Å². The molecule has 10 aromatic rings. The minimum Gasteiger partial charge on any atom is -0.387 e. The highest BCUT2D eigenvalue weighted by Gasteiger charge is 2.18. The Morgan fingerprint density at radius 3 is 1.38 bits per heavy atom. The van der Waals surface area contributed by atoms with Crippen LogP contribution in [0.15, 0.2) is 195 Å². The molecule has 264 valence electrons. The molecule has 4 aromatic heterocycles. The molecule has 0 amide bonds. The number of allylic oxidation sites excluding steroid dienone is 2. The lowest BCUT2D eigenvalue weighted by Gasteiger charge is -2.16. The highest BCUT2D eigenvalue weighted by atomic mass is 15.0. The lowest BCUT2D eigenvalue weighted by molar-refractivity contribution is 0.974. The van der Waals surface area contributed by atoms with Crippen LogP contribution in [0, 0.1) is 0 Å². The number of hydrogen-bond donors (Lipinski definition) is 1. The molecule has 56 heavy (non-hydrogen) atoms. The Balaban J connectivity index is 1.11. The number of dihydropyridines is 1. The molecule has 0 unspecified atom stereocenters. The van der Waals surface area contributed by atoms with E-state index in [1.807, 2.05) is 30.7 Å². The van der Waals surface area contributed by atoms with Gasteiger partial charge in [0.25, 0.3) is 0 Å². The zero-order valence-corrected chi connectivity index (χ0v) is 30.5. The van der Waals surface area contributed by atoms with Crippen molar-refractivity contribution in [3.8, 4) is 44.9 Å². The molecule has 0 spiro atoms. The summed E-state index contributed by atoms with van der Waals surface area (Å²) in [5, 5.41) is 8.24. The zero-order valence-electron chi connectivity index (χ0n) is 30.5. The molecule has 11 rings (SSSR count). The Bertz CT molecular complexity index is 2940. The number of para-hydroxylation sites is 4. The van der Waals surface area contributed by atoms with Crippen molar-refractivity contribution >= 4 is 49.2 Å². The molecular weight excluding hydrogens is 683 g/mol. The van der Waals surface area contributed by atoms with Gasteiger partial charge in [0, 0.05) is 57.4 Å². The fraction of sp³-hybridized carbons (Fsp3) is 0.0196. The van der Waals surface area contributed by atoms with Gasteiger partial charge in [0.05, 0.1) is 33.5 Å². The maximum atomic E-state index is 5.09. The van der Waals surface area contributed by atoms with Gasteiger partial charge in [-0.15, -0.1) is 0 Å². The second kappa shape index (κ2) is 13.1. The van der Waals surface area contributed by atoms with Gasteiger partial charge in [-0.3, -0.25) is 4.98 Å². The third-order valence-electron chi connectivity index (χ3n) is 11.0. The van der Waals surface area contributed by atoms with Gasteiger partial charge in [0.2, 0.25) is 0 Å². The van der Waals surface area contributed by atoms with Gasteiger partial charge in [-0.05, 0) is 107 Å². The van der Waals surface area contributed by atoms with Gasteiger partial charge in [-0.1, -0.05) is 103 Å². The van der Waals surface area contributed by atoms with Crippen molar-refractivity contribution in [2.75, 3.05) is 6.54 Å². The Kier molecular flexibility index (Phi) is 7.49. The largest absolute Gasteiger partial charge is 0.387 e. The number of aromatic nitrogens is 4. The molecule has 1 aliphatic rings. The Hall–Kier alpha value is -7.50. The van der Waals surface area contributed by atoms with E-state index in [-0.39, 0.29) is 0 Å². The lowest BCUT2D eigenvalue weighted by atomic mass is 9.97. The van der Waals surface area contributed by atoms with E-state index in [9.17, 15) is 0 Å². The second-order valence-corrected chi connectivity index (χ2v) is 14.3. The van der Waals surface area contributed by atoms with Crippen molar-refractivity contribution in [3.63, 3.8) is 0 Å². The average molecular weight is 718 g/mol. The molecule has 0 fully saturated rings. The first-order chi connectivity index (χ1) is 27.8. The molecule has 0 radical (unpaired) electrons. The van der Waals surface area contributed by atoms with Crippen molar-refractivity contribution in [2.45, 2.75) is 0 Å². The summed E-state index contributed by atoms with van der Waals surface area (Å²) in [5.41, 5.74) is 15.5. The van der Waals surface area contributed by atoms with Crippen LogP contribution in [0.4, 0.5) is 0 Å². The number of benzene rings is 6. The quantitative estimate of drug-likeness (QED) is 0.186. The third kappa shape index (κ3) is 5.32. The summed E-state index contributed by atoms with van der Waals surface area (Å²) in [4.78, 5) is 9.34. The number of nitrogens with one attached hydrogen (secondary N) is 1. The Morgan fingerprint density at radius 2 is 0.893 bits per heavy atom. The minimum absolute atomic E-state index is 0.779. The van der Waals surface area contributed by atoms with Crippen LogP contribution < -0.4 is 5.32 Å². The average Bonchev–Trinajstić information content (AvgIpc) is 3.80. The highest BCUT2D eigenvalue weighted by Crippen LogP contribution is 2.38. The van der Waals surface area contributed by atoms with E-state index in [0.717, 1.165) is 62.7 Å². The van der Waals surface area contributed by atoms with Gasteiger partial charge in [-0.25, -0.2) is 4.98 Å². The maximum absolute atomic E-state index is 5.09. The molecule has 1 aliphatic heterocycles. The van der Waals surface area contributed by atoms with Gasteiger partial charge in [0.15, 0.2) is 0 Å². The first kappa shape index (κ1) is 32.0. The predicted octanol–water partition coefficient (Wildman–Crippen LogP) is 12.2. The Labute approximate surface area is 324 Å². The van der Waals surface area contributed by atoms with Crippen molar-refractivity contribution < 1.29 is 0 Å². The summed E-state index contributed by atoms with van der Waals surface area (Å²) in [6, 6.07) is 59.4. The van der Waals surface area contributed by atoms with Gasteiger partial charge < -0.3 is 14.5 Å². The Morgan fingerprint density at radius 1 is 0.429 bits per heavy atom. The van der Waals surface area contributed by atoms with E-state index < -0.39 is 0 Å². The van der Waals surface area contributed by atoms with Crippen LogP contribution in [0.1, 0.15) is 5.69 Å². The normalized spacial score (nSPS) is 12.8. The van der Waals surface area contributed by atoms with Crippen LogP contribution in [-0.4, -0.2) is 25.6 Å². The van der Waals surface area contributed by atoms with Crippen LogP contribution in [0.25, 0.3) is 94.1 Å². The molecular formula is C51H35N5. The molecule has 0 saturated carbocycles. The van der Waals surface area contributed by atoms with E-state index in [1.165, 1.54) is 43.6 Å². The summed E-state index contributed by atoms with van der Waals surface area (Å²) >= 11 is 0. The monoisotopic (exact) mass is 717 g/mol. The van der Waals surface area contributed by atoms with Crippen molar-refractivity contribution in [2.24, 2.45) is 0 Å². The van der Waals surface area contributed by atoms with Crippen molar-refractivity contribution in [1.82, 2.24) is 24.4 Å². The van der Waals surface area contributed by atoms with Gasteiger partial charge in [-0.2, -0.15) is 0 Å². The fourth-order valence-electron chi connectivity index (χ4n) is 8.44. The number of nitrogens with zero attached hydrogens (tertiary/aromatic N) is 4. The number of hydrogen-bond acceptors (Lipinski definition) is 3. The van der Waals surface area contributed by atoms with E-state index in [4.69, 9.17) is 4.98 Å². The molecule has 5 heterocycles. The number of pyridine rings is 2.